The van der Waals surface area contributed by atoms with E-state index < -0.39 is 0 Å². The first-order chi connectivity index (χ1) is 16.0. The molecular weight excluding hydrogens is 418 g/mol. The van der Waals surface area contributed by atoms with Crippen molar-refractivity contribution >= 4 is 16.8 Å². The molecule has 0 atom stereocenters. The number of ether oxygens (including phenoxy) is 2. The lowest BCUT2D eigenvalue weighted by Crippen LogP contribution is -2.44. The van der Waals surface area contributed by atoms with Gasteiger partial charge in [-0.05, 0) is 25.1 Å². The van der Waals surface area contributed by atoms with Gasteiger partial charge in [-0.1, -0.05) is 24.3 Å². The van der Waals surface area contributed by atoms with Gasteiger partial charge in [0.2, 0.25) is 5.91 Å². The lowest BCUT2D eigenvalue weighted by atomic mass is 10.0. The molecule has 0 saturated carbocycles. The maximum Gasteiger partial charge on any atom is 0.221 e. The number of primary amides is 1. The van der Waals surface area contributed by atoms with Gasteiger partial charge in [0.1, 0.15) is 6.33 Å². The zero-order valence-electron chi connectivity index (χ0n) is 19.3. The van der Waals surface area contributed by atoms with Crippen LogP contribution in [0.2, 0.25) is 0 Å². The molecule has 1 aliphatic heterocycles. The van der Waals surface area contributed by atoms with E-state index in [1.54, 1.807) is 13.4 Å². The zero-order valence-corrected chi connectivity index (χ0v) is 19.3. The molecule has 0 aliphatic carbocycles. The fourth-order valence-electron chi connectivity index (χ4n) is 4.09. The summed E-state index contributed by atoms with van der Waals surface area (Å²) in [5.41, 5.74) is 8.68. The van der Waals surface area contributed by atoms with Crippen LogP contribution in [0, 0.1) is 0 Å². The van der Waals surface area contributed by atoms with Crippen molar-refractivity contribution in [2.45, 2.75) is 12.8 Å². The molecule has 0 bridgehead atoms. The Morgan fingerprint density at radius 3 is 2.52 bits per heavy atom. The Labute approximate surface area is 194 Å². The van der Waals surface area contributed by atoms with E-state index in [1.165, 1.54) is 0 Å². The van der Waals surface area contributed by atoms with Crippen LogP contribution in [-0.4, -0.2) is 79.2 Å². The number of nitrogens with two attached hydrogens (primary N) is 1. The van der Waals surface area contributed by atoms with Gasteiger partial charge in [-0.3, -0.25) is 4.79 Å². The molecule has 1 amide bonds. The number of methoxy groups -OCH3 is 1. The van der Waals surface area contributed by atoms with Gasteiger partial charge in [0, 0.05) is 49.7 Å². The minimum absolute atomic E-state index is 0.216. The van der Waals surface area contributed by atoms with Crippen molar-refractivity contribution in [3.8, 4) is 22.8 Å². The molecule has 0 radical (unpaired) electrons. The summed E-state index contributed by atoms with van der Waals surface area (Å²) in [6, 6.07) is 11.5. The van der Waals surface area contributed by atoms with Crippen LogP contribution in [0.15, 0.2) is 42.7 Å². The number of rotatable bonds is 9. The molecule has 1 aromatic heterocycles. The summed E-state index contributed by atoms with van der Waals surface area (Å²) in [7, 11) is 3.81. The smallest absolute Gasteiger partial charge is 0.221 e. The van der Waals surface area contributed by atoms with Gasteiger partial charge in [0.05, 0.1) is 31.3 Å². The van der Waals surface area contributed by atoms with E-state index in [0.717, 1.165) is 66.9 Å². The number of benzene rings is 2. The molecule has 174 valence electrons. The standard InChI is InChI=1S/C25H31N5O3/c1-29-9-11-30(12-10-29)8-3-13-33-23-16-21-20(15-22(23)32-2)25(28-17-27-21)19-6-4-18(5-7-19)14-24(26)31/h4-7,15-17H,3,8-14H2,1-2H3,(H2,26,31). The van der Waals surface area contributed by atoms with Gasteiger partial charge in [-0.25, -0.2) is 9.97 Å². The van der Waals surface area contributed by atoms with Crippen molar-refractivity contribution in [1.29, 1.82) is 0 Å². The Kier molecular flexibility index (Phi) is 7.36. The van der Waals surface area contributed by atoms with Crippen LogP contribution in [0.25, 0.3) is 22.2 Å². The highest BCUT2D eigenvalue weighted by Gasteiger charge is 2.15. The summed E-state index contributed by atoms with van der Waals surface area (Å²) >= 11 is 0. The highest BCUT2D eigenvalue weighted by Crippen LogP contribution is 2.35. The van der Waals surface area contributed by atoms with Crippen molar-refractivity contribution < 1.29 is 14.3 Å². The summed E-state index contributed by atoms with van der Waals surface area (Å²) < 4.78 is 11.7. The van der Waals surface area contributed by atoms with E-state index in [9.17, 15) is 4.79 Å². The van der Waals surface area contributed by atoms with E-state index in [2.05, 4.69) is 26.8 Å². The minimum atomic E-state index is -0.351. The summed E-state index contributed by atoms with van der Waals surface area (Å²) in [6.45, 7) is 6.11. The molecule has 0 spiro atoms. The van der Waals surface area contributed by atoms with Gasteiger partial charge in [-0.2, -0.15) is 0 Å². The maximum absolute atomic E-state index is 11.2. The van der Waals surface area contributed by atoms with Crippen LogP contribution in [0.1, 0.15) is 12.0 Å². The number of amides is 1. The van der Waals surface area contributed by atoms with E-state index in [-0.39, 0.29) is 12.3 Å². The van der Waals surface area contributed by atoms with Gasteiger partial charge in [0.25, 0.3) is 0 Å². The fraction of sp³-hybridized carbons (Fsp3) is 0.400. The predicted octanol–water partition coefficient (Wildman–Crippen LogP) is 2.35. The third-order valence-corrected chi connectivity index (χ3v) is 6.00. The number of nitrogens with zero attached hydrogens (tertiary/aromatic N) is 4. The third kappa shape index (κ3) is 5.77. The summed E-state index contributed by atoms with van der Waals surface area (Å²) in [4.78, 5) is 24.9. The van der Waals surface area contributed by atoms with E-state index in [1.807, 2.05) is 36.4 Å². The van der Waals surface area contributed by atoms with Gasteiger partial charge < -0.3 is 25.0 Å². The fourth-order valence-corrected chi connectivity index (χ4v) is 4.09. The summed E-state index contributed by atoms with van der Waals surface area (Å²) in [6.07, 6.45) is 2.73. The number of hydrogen-bond acceptors (Lipinski definition) is 7. The first kappa shape index (κ1) is 22.9. The number of fused-ring (bicyclic) bond motifs is 1. The average molecular weight is 450 g/mol. The molecule has 3 aromatic rings. The van der Waals surface area contributed by atoms with Crippen molar-refractivity contribution in [2.24, 2.45) is 5.73 Å². The normalized spacial score (nSPS) is 15.0. The number of likely N-dealkylation sites (N-methyl/N-ethyl adjacent to an activating group) is 1. The maximum atomic E-state index is 11.2. The Hall–Kier alpha value is -3.23. The van der Waals surface area contributed by atoms with Crippen LogP contribution in [0.5, 0.6) is 11.5 Å². The molecule has 0 unspecified atom stereocenters. The van der Waals surface area contributed by atoms with Gasteiger partial charge >= 0.3 is 0 Å². The van der Waals surface area contributed by atoms with Gasteiger partial charge in [0.15, 0.2) is 11.5 Å². The van der Waals surface area contributed by atoms with Crippen LogP contribution in [0.4, 0.5) is 0 Å². The average Bonchev–Trinajstić information content (AvgIpc) is 2.82. The van der Waals surface area contributed by atoms with E-state index >= 15 is 0 Å². The summed E-state index contributed by atoms with van der Waals surface area (Å²) in [5.74, 6) is 0.990. The molecule has 4 rings (SSSR count). The highest BCUT2D eigenvalue weighted by atomic mass is 16.5. The minimum Gasteiger partial charge on any atom is -0.493 e. The summed E-state index contributed by atoms with van der Waals surface area (Å²) in [5, 5.41) is 0.877. The second-order valence-electron chi connectivity index (χ2n) is 8.43. The molecule has 2 aromatic carbocycles. The van der Waals surface area contributed by atoms with Crippen molar-refractivity contribution in [1.82, 2.24) is 19.8 Å². The second-order valence-corrected chi connectivity index (χ2v) is 8.43. The highest BCUT2D eigenvalue weighted by molar-refractivity contribution is 5.94. The Balaban J connectivity index is 1.48. The SMILES string of the molecule is COc1cc2c(-c3ccc(CC(N)=O)cc3)ncnc2cc1OCCCN1CCN(C)CC1. The first-order valence-corrected chi connectivity index (χ1v) is 11.3. The number of hydrogen-bond donors (Lipinski definition) is 1. The molecule has 1 saturated heterocycles. The number of aromatic nitrogens is 2. The topological polar surface area (TPSA) is 93.8 Å². The van der Waals surface area contributed by atoms with E-state index in [0.29, 0.717) is 18.1 Å². The quantitative estimate of drug-likeness (QED) is 0.501. The number of piperazine rings is 1. The molecular formula is C25H31N5O3. The monoisotopic (exact) mass is 449 g/mol. The molecule has 1 fully saturated rings. The lowest BCUT2D eigenvalue weighted by Gasteiger charge is -2.32. The zero-order chi connectivity index (χ0) is 23.2. The molecule has 2 heterocycles. The Bertz CT molecular complexity index is 1100. The van der Waals surface area contributed by atoms with E-state index in [4.69, 9.17) is 15.2 Å². The first-order valence-electron chi connectivity index (χ1n) is 11.3. The second kappa shape index (κ2) is 10.6. The number of carbonyl (C=O) groups excluding carboxylic acids is 1. The van der Waals surface area contributed by atoms with Crippen molar-refractivity contribution in [3.63, 3.8) is 0 Å². The molecule has 8 heteroatoms. The molecule has 33 heavy (non-hydrogen) atoms. The van der Waals surface area contributed by atoms with Gasteiger partial charge in [-0.15, -0.1) is 0 Å². The van der Waals surface area contributed by atoms with Crippen LogP contribution in [-0.2, 0) is 11.2 Å². The molecule has 1 aliphatic rings. The lowest BCUT2D eigenvalue weighted by molar-refractivity contribution is -0.117. The Morgan fingerprint density at radius 2 is 1.82 bits per heavy atom. The predicted molar refractivity (Wildman–Crippen MR) is 128 cm³/mol. The largest absolute Gasteiger partial charge is 0.493 e. The Morgan fingerprint density at radius 1 is 1.06 bits per heavy atom. The van der Waals surface area contributed by atoms with Crippen LogP contribution in [0.3, 0.4) is 0 Å². The molecule has 2 N–H and O–H groups in total. The van der Waals surface area contributed by atoms with Crippen molar-refractivity contribution in [2.75, 3.05) is 53.5 Å². The van der Waals surface area contributed by atoms with Crippen LogP contribution >= 0.6 is 0 Å². The third-order valence-electron chi connectivity index (χ3n) is 6.00. The van der Waals surface area contributed by atoms with Crippen molar-refractivity contribution in [3.05, 3.63) is 48.3 Å². The molecule has 8 nitrogen and oxygen atoms in total. The van der Waals surface area contributed by atoms with Crippen LogP contribution < -0.4 is 15.2 Å². The number of carbonyl (C=O) groups is 1.